The van der Waals surface area contributed by atoms with E-state index >= 15 is 0 Å². The van der Waals surface area contributed by atoms with E-state index in [1.165, 1.54) is 12.1 Å². The van der Waals surface area contributed by atoms with Gasteiger partial charge in [0.15, 0.2) is 0 Å². The zero-order valence-electron chi connectivity index (χ0n) is 19.2. The molecule has 2 aromatic heterocycles. The molecule has 2 aliphatic rings. The second-order valence-electron chi connectivity index (χ2n) is 8.71. The predicted octanol–water partition coefficient (Wildman–Crippen LogP) is 2.12. The summed E-state index contributed by atoms with van der Waals surface area (Å²) in [4.78, 5) is 44.3. The average Bonchev–Trinajstić information content (AvgIpc) is 3.41. The average molecular weight is 464 g/mol. The van der Waals surface area contributed by atoms with Crippen LogP contribution in [0.25, 0.3) is 5.82 Å². The van der Waals surface area contributed by atoms with E-state index in [9.17, 15) is 14.0 Å². The highest BCUT2D eigenvalue weighted by Gasteiger charge is 2.38. The quantitative estimate of drug-likeness (QED) is 0.589. The number of aromatic nitrogens is 4. The highest BCUT2D eigenvalue weighted by atomic mass is 19.1. The Labute approximate surface area is 196 Å². The molecular weight excluding hydrogens is 437 g/mol. The van der Waals surface area contributed by atoms with E-state index in [2.05, 4.69) is 19.9 Å². The van der Waals surface area contributed by atoms with Crippen molar-refractivity contribution in [1.29, 1.82) is 0 Å². The third kappa shape index (κ3) is 4.11. The smallest absolute Gasteiger partial charge is 0.228 e. The molecule has 1 atom stereocenters. The standard InChI is InChI=1S/C24H26FN7O2/c1-16-17(2)32(15-28-16)22-12-21(26-14-27-22)29-7-9-30(10-8-29)24(34)18-11-23(33)31(13-18)20-5-3-19(25)4-6-20/h3-6,12,14-15,18H,7-11,13H2,1-2H3. The zero-order valence-corrected chi connectivity index (χ0v) is 19.2. The Morgan fingerprint density at radius 1 is 1.00 bits per heavy atom. The van der Waals surface area contributed by atoms with Gasteiger partial charge in [0.2, 0.25) is 11.8 Å². The third-order valence-corrected chi connectivity index (χ3v) is 6.66. The molecule has 1 unspecified atom stereocenters. The molecule has 9 nitrogen and oxygen atoms in total. The number of imidazole rings is 1. The van der Waals surface area contributed by atoms with Crippen molar-refractivity contribution >= 4 is 23.3 Å². The van der Waals surface area contributed by atoms with Crippen LogP contribution in [0.2, 0.25) is 0 Å². The number of nitrogens with zero attached hydrogens (tertiary/aromatic N) is 7. The number of carbonyl (C=O) groups excluding carboxylic acids is 2. The Morgan fingerprint density at radius 3 is 2.38 bits per heavy atom. The summed E-state index contributed by atoms with van der Waals surface area (Å²) in [5.41, 5.74) is 2.60. The highest BCUT2D eigenvalue weighted by Crippen LogP contribution is 2.27. The minimum absolute atomic E-state index is 0.00879. The first-order valence-corrected chi connectivity index (χ1v) is 11.3. The van der Waals surface area contributed by atoms with Crippen LogP contribution in [0.15, 0.2) is 43.0 Å². The normalized spacial score (nSPS) is 18.6. The molecule has 0 aliphatic carbocycles. The van der Waals surface area contributed by atoms with Gasteiger partial charge in [0.25, 0.3) is 0 Å². The molecule has 0 bridgehead atoms. The molecule has 2 fully saturated rings. The molecule has 5 rings (SSSR count). The van der Waals surface area contributed by atoms with E-state index in [-0.39, 0.29) is 30.0 Å². The number of anilines is 2. The van der Waals surface area contributed by atoms with E-state index in [1.807, 2.05) is 29.4 Å². The van der Waals surface area contributed by atoms with Crippen LogP contribution in [0, 0.1) is 25.6 Å². The van der Waals surface area contributed by atoms with Gasteiger partial charge in [-0.15, -0.1) is 0 Å². The molecule has 34 heavy (non-hydrogen) atoms. The lowest BCUT2D eigenvalue weighted by atomic mass is 10.1. The molecule has 0 spiro atoms. The number of piperazine rings is 1. The maximum atomic E-state index is 13.2. The molecule has 0 radical (unpaired) electrons. The van der Waals surface area contributed by atoms with Crippen molar-refractivity contribution in [3.8, 4) is 5.82 Å². The van der Waals surface area contributed by atoms with Gasteiger partial charge in [0.05, 0.1) is 11.6 Å². The lowest BCUT2D eigenvalue weighted by Crippen LogP contribution is -2.51. The lowest BCUT2D eigenvalue weighted by molar-refractivity contribution is -0.136. The Balaban J connectivity index is 1.21. The number of halogens is 1. The Hall–Kier alpha value is -3.82. The monoisotopic (exact) mass is 463 g/mol. The first-order chi connectivity index (χ1) is 16.4. The number of rotatable bonds is 4. The second-order valence-corrected chi connectivity index (χ2v) is 8.71. The van der Waals surface area contributed by atoms with Crippen molar-refractivity contribution in [3.63, 3.8) is 0 Å². The minimum atomic E-state index is -0.387. The second kappa shape index (κ2) is 8.85. The van der Waals surface area contributed by atoms with E-state index in [4.69, 9.17) is 0 Å². The SMILES string of the molecule is Cc1ncn(-c2cc(N3CCN(C(=O)C4CC(=O)N(c5ccc(F)cc5)C4)CC3)ncn2)c1C. The van der Waals surface area contributed by atoms with Crippen molar-refractivity contribution in [2.75, 3.05) is 42.5 Å². The molecule has 176 valence electrons. The maximum Gasteiger partial charge on any atom is 0.228 e. The van der Waals surface area contributed by atoms with Crippen LogP contribution in [-0.2, 0) is 9.59 Å². The summed E-state index contributed by atoms with van der Waals surface area (Å²) in [6, 6.07) is 7.72. The Morgan fingerprint density at radius 2 is 1.71 bits per heavy atom. The minimum Gasteiger partial charge on any atom is -0.353 e. The lowest BCUT2D eigenvalue weighted by Gasteiger charge is -2.36. The van der Waals surface area contributed by atoms with Crippen molar-refractivity contribution in [2.24, 2.45) is 5.92 Å². The van der Waals surface area contributed by atoms with Gasteiger partial charge in [-0.1, -0.05) is 0 Å². The molecule has 0 N–H and O–H groups in total. The first kappa shape index (κ1) is 22.0. The van der Waals surface area contributed by atoms with Gasteiger partial charge in [-0.05, 0) is 38.1 Å². The van der Waals surface area contributed by atoms with Crippen LogP contribution in [0.3, 0.4) is 0 Å². The number of hydrogen-bond acceptors (Lipinski definition) is 6. The van der Waals surface area contributed by atoms with Crippen molar-refractivity contribution in [1.82, 2.24) is 24.4 Å². The van der Waals surface area contributed by atoms with Crippen LogP contribution in [0.1, 0.15) is 17.8 Å². The summed E-state index contributed by atoms with van der Waals surface area (Å²) in [5, 5.41) is 0. The fourth-order valence-corrected chi connectivity index (χ4v) is 4.53. The molecule has 2 amide bonds. The van der Waals surface area contributed by atoms with Gasteiger partial charge in [0.1, 0.15) is 30.1 Å². The number of amides is 2. The van der Waals surface area contributed by atoms with Crippen molar-refractivity contribution < 1.29 is 14.0 Å². The number of benzene rings is 1. The summed E-state index contributed by atoms with van der Waals surface area (Å²) in [6.07, 6.45) is 3.48. The molecule has 0 saturated carbocycles. The summed E-state index contributed by atoms with van der Waals surface area (Å²) in [7, 11) is 0. The van der Waals surface area contributed by atoms with Crippen LogP contribution < -0.4 is 9.80 Å². The number of carbonyl (C=O) groups is 2. The largest absolute Gasteiger partial charge is 0.353 e. The van der Waals surface area contributed by atoms with Crippen molar-refractivity contribution in [3.05, 3.63) is 60.2 Å². The number of aryl methyl sites for hydroxylation is 1. The molecule has 4 heterocycles. The molecular formula is C24H26FN7O2. The Kier molecular flexibility index (Phi) is 5.72. The van der Waals surface area contributed by atoms with Crippen LogP contribution in [-0.4, -0.2) is 69.0 Å². The molecule has 3 aromatic rings. The van der Waals surface area contributed by atoms with Crippen LogP contribution >= 0.6 is 0 Å². The predicted molar refractivity (Wildman–Crippen MR) is 124 cm³/mol. The van der Waals surface area contributed by atoms with Gasteiger partial charge in [0, 0.05) is 56.6 Å². The zero-order chi connectivity index (χ0) is 23.8. The molecule has 1 aromatic carbocycles. The fraction of sp³-hybridized carbons (Fsp3) is 0.375. The molecule has 2 saturated heterocycles. The van der Waals surface area contributed by atoms with E-state index in [0.717, 1.165) is 23.0 Å². The van der Waals surface area contributed by atoms with E-state index < -0.39 is 0 Å². The van der Waals surface area contributed by atoms with Gasteiger partial charge < -0.3 is 14.7 Å². The first-order valence-electron chi connectivity index (χ1n) is 11.3. The van der Waals surface area contributed by atoms with Crippen LogP contribution in [0.4, 0.5) is 15.9 Å². The van der Waals surface area contributed by atoms with Gasteiger partial charge in [-0.25, -0.2) is 19.3 Å². The van der Waals surface area contributed by atoms with E-state index in [1.54, 1.807) is 29.7 Å². The van der Waals surface area contributed by atoms with Gasteiger partial charge in [-0.3, -0.25) is 14.2 Å². The van der Waals surface area contributed by atoms with Gasteiger partial charge in [-0.2, -0.15) is 0 Å². The van der Waals surface area contributed by atoms with Crippen molar-refractivity contribution in [2.45, 2.75) is 20.3 Å². The summed E-state index contributed by atoms with van der Waals surface area (Å²) in [6.45, 7) is 6.69. The fourth-order valence-electron chi connectivity index (χ4n) is 4.53. The third-order valence-electron chi connectivity index (χ3n) is 6.66. The van der Waals surface area contributed by atoms with Crippen LogP contribution in [0.5, 0.6) is 0 Å². The molecule has 2 aliphatic heterocycles. The maximum absolute atomic E-state index is 13.2. The van der Waals surface area contributed by atoms with Gasteiger partial charge >= 0.3 is 0 Å². The number of hydrogen-bond donors (Lipinski definition) is 0. The summed E-state index contributed by atoms with van der Waals surface area (Å²) in [5.74, 6) is 0.704. The highest BCUT2D eigenvalue weighted by molar-refractivity contribution is 6.00. The summed E-state index contributed by atoms with van der Waals surface area (Å²) < 4.78 is 15.2. The Bertz CT molecular complexity index is 1220. The topological polar surface area (TPSA) is 87.5 Å². The van der Waals surface area contributed by atoms with E-state index in [0.29, 0.717) is 38.4 Å². The summed E-state index contributed by atoms with van der Waals surface area (Å²) >= 11 is 0. The molecule has 10 heteroatoms.